The summed E-state index contributed by atoms with van der Waals surface area (Å²) in [5, 5.41) is 0. The standard InChI is InChI=1S/CH4.4H3O4P/c;4*1-5(2,3)4/h1H4;4*(H3,1,2,3,4). The van der Waals surface area contributed by atoms with Crippen molar-refractivity contribution >= 4 is 31.3 Å². The van der Waals surface area contributed by atoms with Crippen LogP contribution in [0, 0.1) is 0 Å². The number of rotatable bonds is 0. The van der Waals surface area contributed by atoms with Gasteiger partial charge in [-0.15, -0.1) is 0 Å². The van der Waals surface area contributed by atoms with Crippen LogP contribution in [-0.4, -0.2) is 58.7 Å². The Balaban J connectivity index is -0.0000000533. The molecule has 0 rings (SSSR count). The molecule has 12 N–H and O–H groups in total. The van der Waals surface area contributed by atoms with E-state index in [1.807, 2.05) is 0 Å². The molecule has 0 aliphatic carbocycles. The Kier molecular flexibility index (Phi) is 20.4. The number of phosphoric acid groups is 4. The quantitative estimate of drug-likeness (QED) is 0.177. The Morgan fingerprint density at radius 1 is 0.333 bits per heavy atom. The second-order valence-corrected chi connectivity index (χ2v) is 6.16. The predicted octanol–water partition coefficient (Wildman–Crippen LogP) is -3.08. The van der Waals surface area contributed by atoms with Gasteiger partial charge in [-0.1, -0.05) is 7.43 Å². The minimum Gasteiger partial charge on any atom is -0.303 e. The van der Waals surface area contributed by atoms with Crippen molar-refractivity contribution < 1.29 is 77.0 Å². The fourth-order valence-electron chi connectivity index (χ4n) is 0. The molecule has 0 amide bonds. The van der Waals surface area contributed by atoms with Crippen LogP contribution >= 0.6 is 31.3 Å². The highest BCUT2D eigenvalue weighted by Crippen LogP contribution is 2.27. The first-order valence-corrected chi connectivity index (χ1v) is 9.39. The summed E-state index contributed by atoms with van der Waals surface area (Å²) in [4.78, 5) is 86.2. The van der Waals surface area contributed by atoms with Crippen LogP contribution in [-0.2, 0) is 18.3 Å². The van der Waals surface area contributed by atoms with Gasteiger partial charge in [0, 0.05) is 0 Å². The second-order valence-electron chi connectivity index (χ2n) is 2.05. The predicted molar refractivity (Wildman–Crippen MR) is 63.8 cm³/mol. The molecular formula is CH16O16P4. The van der Waals surface area contributed by atoms with E-state index in [-0.39, 0.29) is 7.43 Å². The fourth-order valence-corrected chi connectivity index (χ4v) is 0. The first-order valence-electron chi connectivity index (χ1n) is 3.13. The van der Waals surface area contributed by atoms with Crippen molar-refractivity contribution in [2.45, 2.75) is 7.43 Å². The van der Waals surface area contributed by atoms with Crippen LogP contribution in [0.4, 0.5) is 0 Å². The Bertz CT molecular complexity index is 285. The van der Waals surface area contributed by atoms with Crippen molar-refractivity contribution in [3.05, 3.63) is 0 Å². The van der Waals surface area contributed by atoms with Gasteiger partial charge in [-0.05, 0) is 0 Å². The molecule has 136 valence electrons. The van der Waals surface area contributed by atoms with Crippen LogP contribution in [0.1, 0.15) is 7.43 Å². The van der Waals surface area contributed by atoms with Gasteiger partial charge >= 0.3 is 31.3 Å². The zero-order valence-corrected chi connectivity index (χ0v) is 12.4. The van der Waals surface area contributed by atoms with Gasteiger partial charge in [0.15, 0.2) is 0 Å². The van der Waals surface area contributed by atoms with E-state index >= 15 is 0 Å². The molecule has 0 aromatic heterocycles. The molecular weight excluding hydrogens is 392 g/mol. The SMILES string of the molecule is C.O=P(O)(O)O.O=P(O)(O)O.O=P(O)(O)O.O=P(O)(O)O. The summed E-state index contributed by atoms with van der Waals surface area (Å²) in [6.45, 7) is 0. The van der Waals surface area contributed by atoms with E-state index in [0.29, 0.717) is 0 Å². The van der Waals surface area contributed by atoms with Crippen LogP contribution in [0.3, 0.4) is 0 Å². The summed E-state index contributed by atoms with van der Waals surface area (Å²) in [6.07, 6.45) is 0. The number of hydrogen-bond acceptors (Lipinski definition) is 4. The van der Waals surface area contributed by atoms with Gasteiger partial charge in [0.05, 0.1) is 0 Å². The van der Waals surface area contributed by atoms with Crippen molar-refractivity contribution in [1.29, 1.82) is 0 Å². The fraction of sp³-hybridized carbons (Fsp3) is 1.00. The average Bonchev–Trinajstić information content (AvgIpc) is 1.62. The molecule has 0 unspecified atom stereocenters. The van der Waals surface area contributed by atoms with Crippen LogP contribution in [0.15, 0.2) is 0 Å². The van der Waals surface area contributed by atoms with Gasteiger partial charge in [-0.25, -0.2) is 18.3 Å². The molecule has 0 heterocycles. The summed E-state index contributed by atoms with van der Waals surface area (Å²) in [7, 11) is -18.6. The van der Waals surface area contributed by atoms with E-state index in [2.05, 4.69) is 0 Å². The molecule has 0 radical (unpaired) electrons. The molecule has 0 spiro atoms. The molecule has 21 heavy (non-hydrogen) atoms. The summed E-state index contributed by atoms with van der Waals surface area (Å²) in [5.41, 5.74) is 0. The van der Waals surface area contributed by atoms with Crippen molar-refractivity contribution in [3.63, 3.8) is 0 Å². The third-order valence-electron chi connectivity index (χ3n) is 0. The van der Waals surface area contributed by atoms with Gasteiger partial charge in [0.2, 0.25) is 0 Å². The third-order valence-corrected chi connectivity index (χ3v) is 0. The van der Waals surface area contributed by atoms with E-state index in [9.17, 15) is 0 Å². The smallest absolute Gasteiger partial charge is 0.303 e. The molecule has 0 fully saturated rings. The maximum Gasteiger partial charge on any atom is 0.466 e. The molecule has 20 heteroatoms. The normalized spacial score (nSPS) is 11.2. The van der Waals surface area contributed by atoms with Crippen LogP contribution in [0.25, 0.3) is 0 Å². The lowest BCUT2D eigenvalue weighted by Gasteiger charge is -1.82. The Morgan fingerprint density at radius 3 is 0.333 bits per heavy atom. The molecule has 0 aromatic carbocycles. The monoisotopic (exact) mass is 408 g/mol. The topological polar surface area (TPSA) is 311 Å². The molecule has 0 atom stereocenters. The summed E-state index contributed by atoms with van der Waals surface area (Å²) >= 11 is 0. The van der Waals surface area contributed by atoms with Crippen molar-refractivity contribution in [2.75, 3.05) is 0 Å². The van der Waals surface area contributed by atoms with Crippen LogP contribution in [0.5, 0.6) is 0 Å². The van der Waals surface area contributed by atoms with Gasteiger partial charge < -0.3 is 58.7 Å². The Hall–Kier alpha value is 0.440. The minimum absolute atomic E-state index is 0. The molecule has 0 saturated heterocycles. The first-order chi connectivity index (χ1) is 8.00. The minimum atomic E-state index is -4.64. The lowest BCUT2D eigenvalue weighted by atomic mass is 12.0. The van der Waals surface area contributed by atoms with Gasteiger partial charge in [0.1, 0.15) is 0 Å². The van der Waals surface area contributed by atoms with E-state index in [1.165, 1.54) is 0 Å². The van der Waals surface area contributed by atoms with Crippen LogP contribution < -0.4 is 0 Å². The maximum atomic E-state index is 8.88. The van der Waals surface area contributed by atoms with E-state index in [0.717, 1.165) is 0 Å². The summed E-state index contributed by atoms with van der Waals surface area (Å²) in [6, 6.07) is 0. The van der Waals surface area contributed by atoms with E-state index in [4.69, 9.17) is 77.0 Å². The highest BCUT2D eigenvalue weighted by Gasteiger charge is 2.01. The van der Waals surface area contributed by atoms with Crippen LogP contribution in [0.2, 0.25) is 0 Å². The molecule has 0 saturated carbocycles. The zero-order chi connectivity index (χ0) is 18.0. The Morgan fingerprint density at radius 2 is 0.333 bits per heavy atom. The lowest BCUT2D eigenvalue weighted by molar-refractivity contribution is 0.272. The number of hydrogen-bond donors (Lipinski definition) is 12. The van der Waals surface area contributed by atoms with Crippen molar-refractivity contribution in [1.82, 2.24) is 0 Å². The van der Waals surface area contributed by atoms with Gasteiger partial charge in [0.25, 0.3) is 0 Å². The summed E-state index contributed by atoms with van der Waals surface area (Å²) < 4.78 is 35.5. The highest BCUT2D eigenvalue weighted by atomic mass is 31.2. The molecule has 0 aliphatic rings. The van der Waals surface area contributed by atoms with Gasteiger partial charge in [-0.3, -0.25) is 0 Å². The largest absolute Gasteiger partial charge is 0.466 e. The lowest BCUT2D eigenvalue weighted by Crippen LogP contribution is -1.66. The first kappa shape index (κ1) is 33.1. The summed E-state index contributed by atoms with van der Waals surface area (Å²) in [5.74, 6) is 0. The van der Waals surface area contributed by atoms with E-state index < -0.39 is 31.3 Å². The van der Waals surface area contributed by atoms with E-state index in [1.54, 1.807) is 0 Å². The highest BCUT2D eigenvalue weighted by molar-refractivity contribution is 7.45. The Labute approximate surface area is 116 Å². The molecule has 16 nitrogen and oxygen atoms in total. The second kappa shape index (κ2) is 12.9. The van der Waals surface area contributed by atoms with Crippen molar-refractivity contribution in [3.8, 4) is 0 Å². The molecule has 0 aromatic rings. The zero-order valence-electron chi connectivity index (χ0n) is 8.79. The molecule has 0 bridgehead atoms. The van der Waals surface area contributed by atoms with Gasteiger partial charge in [-0.2, -0.15) is 0 Å². The third kappa shape index (κ3) is 35900. The van der Waals surface area contributed by atoms with Crippen molar-refractivity contribution in [2.24, 2.45) is 0 Å². The molecule has 0 aliphatic heterocycles. The maximum absolute atomic E-state index is 8.88. The average molecular weight is 408 g/mol.